The van der Waals surface area contributed by atoms with Gasteiger partial charge in [-0.25, -0.2) is 13.1 Å². The lowest BCUT2D eigenvalue weighted by Crippen LogP contribution is -2.49. The molecule has 4 nitrogen and oxygen atoms in total. The van der Waals surface area contributed by atoms with Crippen LogP contribution in [0.2, 0.25) is 0 Å². The number of fused-ring (bicyclic) bond motifs is 3. The van der Waals surface area contributed by atoms with Crippen molar-refractivity contribution in [1.29, 1.82) is 0 Å². The van der Waals surface area contributed by atoms with E-state index >= 15 is 0 Å². The summed E-state index contributed by atoms with van der Waals surface area (Å²) < 4.78 is 0. The minimum atomic E-state index is -0.142. The molecule has 46 heavy (non-hydrogen) atoms. The monoisotopic (exact) mass is 608 g/mol. The Balaban J connectivity index is 0.000000162. The van der Waals surface area contributed by atoms with Crippen LogP contribution in [0.4, 0.5) is 0 Å². The zero-order valence-corrected chi connectivity index (χ0v) is 28.2. The molecule has 0 spiro atoms. The summed E-state index contributed by atoms with van der Waals surface area (Å²) in [6.45, 7) is 39.3. The SMILES string of the molecule is [C-]#[N+]C1C(c2c[nH]c3ccccc23)C(C(=C)C)CCC1(C)C=C.[C-]#[N+]C1C2c3c[nH]c4cccc(c34)C(C)(C)C2CCC1(C)C=C. The number of hydrogen-bond donors (Lipinski definition) is 2. The minimum absolute atomic E-state index is 0.0228. The summed E-state index contributed by atoms with van der Waals surface area (Å²) in [6, 6.07) is 14.8. The maximum Gasteiger partial charge on any atom is 0.239 e. The Bertz CT molecular complexity index is 1900. The lowest BCUT2D eigenvalue weighted by Gasteiger charge is -2.50. The van der Waals surface area contributed by atoms with Crippen LogP contribution in [0.5, 0.6) is 0 Å². The number of benzene rings is 2. The Kier molecular flexibility index (Phi) is 7.93. The van der Waals surface area contributed by atoms with Crippen molar-refractivity contribution in [3.63, 3.8) is 0 Å². The fraction of sp³-hybridized carbons (Fsp3) is 0.429. The van der Waals surface area contributed by atoms with Gasteiger partial charge in [0.15, 0.2) is 0 Å². The fourth-order valence-corrected chi connectivity index (χ4v) is 9.47. The fourth-order valence-electron chi connectivity index (χ4n) is 9.47. The van der Waals surface area contributed by atoms with Crippen molar-refractivity contribution in [1.82, 2.24) is 9.97 Å². The van der Waals surface area contributed by atoms with Crippen molar-refractivity contribution >= 4 is 21.8 Å². The smallest absolute Gasteiger partial charge is 0.239 e. The third-order valence-electron chi connectivity index (χ3n) is 12.4. The van der Waals surface area contributed by atoms with E-state index in [-0.39, 0.29) is 34.2 Å². The second kappa shape index (κ2) is 11.5. The van der Waals surface area contributed by atoms with Gasteiger partial charge in [0.1, 0.15) is 0 Å². The van der Waals surface area contributed by atoms with Gasteiger partial charge in [-0.15, -0.1) is 13.2 Å². The van der Waals surface area contributed by atoms with Gasteiger partial charge in [0.2, 0.25) is 12.1 Å². The topological polar surface area (TPSA) is 40.3 Å². The molecule has 2 aromatic carbocycles. The number of hydrogen-bond acceptors (Lipinski definition) is 0. The zero-order valence-electron chi connectivity index (χ0n) is 28.2. The van der Waals surface area contributed by atoms with Crippen molar-refractivity contribution in [2.45, 2.75) is 89.6 Å². The molecule has 0 aliphatic heterocycles. The molecular weight excluding hydrogens is 560 g/mol. The Morgan fingerprint density at radius 2 is 1.39 bits per heavy atom. The van der Waals surface area contributed by atoms with E-state index in [1.54, 1.807) is 0 Å². The molecule has 0 saturated heterocycles. The number of para-hydroxylation sites is 1. The van der Waals surface area contributed by atoms with Gasteiger partial charge >= 0.3 is 0 Å². The molecule has 4 heteroatoms. The van der Waals surface area contributed by atoms with Gasteiger partial charge in [-0.05, 0) is 92.5 Å². The van der Waals surface area contributed by atoms with Crippen LogP contribution in [-0.4, -0.2) is 22.1 Å². The summed E-state index contributed by atoms with van der Waals surface area (Å²) in [5.41, 5.74) is 7.45. The van der Waals surface area contributed by atoms with Crippen LogP contribution in [0.1, 0.15) is 88.8 Å². The molecule has 8 atom stereocenters. The second-order valence-corrected chi connectivity index (χ2v) is 15.2. The number of nitrogens with zero attached hydrogens (tertiary/aromatic N) is 2. The van der Waals surface area contributed by atoms with Crippen molar-refractivity contribution < 1.29 is 0 Å². The average Bonchev–Trinajstić information content (AvgIpc) is 3.68. The molecule has 2 heterocycles. The molecule has 7 rings (SSSR count). The molecule has 2 fully saturated rings. The largest absolute Gasteiger partial charge is 0.361 e. The maximum absolute atomic E-state index is 7.90. The van der Waals surface area contributed by atoms with E-state index < -0.39 is 0 Å². The molecule has 0 radical (unpaired) electrons. The molecule has 0 bridgehead atoms. The van der Waals surface area contributed by atoms with Crippen molar-refractivity contribution in [3.05, 3.63) is 132 Å². The first-order chi connectivity index (χ1) is 22.0. The summed E-state index contributed by atoms with van der Waals surface area (Å²) in [4.78, 5) is 15.0. The molecule has 2 saturated carbocycles. The van der Waals surface area contributed by atoms with E-state index in [1.807, 2.05) is 18.2 Å². The van der Waals surface area contributed by atoms with Crippen LogP contribution in [0.25, 0.3) is 31.5 Å². The Morgan fingerprint density at radius 1 is 0.804 bits per heavy atom. The molecule has 3 aliphatic carbocycles. The highest BCUT2D eigenvalue weighted by molar-refractivity contribution is 5.89. The minimum Gasteiger partial charge on any atom is -0.361 e. The number of aromatic nitrogens is 2. The summed E-state index contributed by atoms with van der Waals surface area (Å²) in [5.74, 6) is 1.32. The normalized spacial score (nSPS) is 32.7. The summed E-state index contributed by atoms with van der Waals surface area (Å²) >= 11 is 0. The predicted molar refractivity (Wildman–Crippen MR) is 193 cm³/mol. The Hall–Kier alpha value is -4.28. The molecule has 236 valence electrons. The third kappa shape index (κ3) is 4.69. The first-order valence-corrected chi connectivity index (χ1v) is 16.8. The highest BCUT2D eigenvalue weighted by Crippen LogP contribution is 2.60. The highest BCUT2D eigenvalue weighted by Gasteiger charge is 2.57. The lowest BCUT2D eigenvalue weighted by molar-refractivity contribution is 0.119. The van der Waals surface area contributed by atoms with Gasteiger partial charge in [0.25, 0.3) is 0 Å². The molecule has 3 aliphatic rings. The van der Waals surface area contributed by atoms with Gasteiger partial charge in [0, 0.05) is 34.2 Å². The Labute approximate surface area is 275 Å². The quantitative estimate of drug-likeness (QED) is 0.171. The van der Waals surface area contributed by atoms with Crippen LogP contribution in [-0.2, 0) is 5.41 Å². The summed E-state index contributed by atoms with van der Waals surface area (Å²) in [6.07, 6.45) is 12.6. The van der Waals surface area contributed by atoms with Gasteiger partial charge in [-0.3, -0.25) is 0 Å². The van der Waals surface area contributed by atoms with Crippen LogP contribution in [0.3, 0.4) is 0 Å². The number of H-pyrrole nitrogens is 2. The van der Waals surface area contributed by atoms with E-state index in [0.29, 0.717) is 17.8 Å². The first kappa shape index (κ1) is 31.7. The summed E-state index contributed by atoms with van der Waals surface area (Å²) in [5, 5.41) is 2.59. The van der Waals surface area contributed by atoms with Crippen LogP contribution < -0.4 is 0 Å². The number of nitrogens with one attached hydrogen (secondary N) is 2. The molecule has 2 aromatic heterocycles. The summed E-state index contributed by atoms with van der Waals surface area (Å²) in [7, 11) is 0. The molecule has 8 unspecified atom stereocenters. The van der Waals surface area contributed by atoms with Gasteiger partial charge in [-0.1, -0.05) is 68.5 Å². The van der Waals surface area contributed by atoms with Crippen molar-refractivity contribution in [2.24, 2.45) is 22.7 Å². The number of aromatic amines is 2. The van der Waals surface area contributed by atoms with E-state index in [4.69, 9.17) is 13.1 Å². The predicted octanol–water partition coefficient (Wildman–Crippen LogP) is 11.2. The third-order valence-corrected chi connectivity index (χ3v) is 12.4. The average molecular weight is 609 g/mol. The van der Waals surface area contributed by atoms with E-state index in [0.717, 1.165) is 31.2 Å². The van der Waals surface area contributed by atoms with Gasteiger partial charge in [-0.2, -0.15) is 0 Å². The molecule has 0 amide bonds. The molecule has 4 aromatic rings. The van der Waals surface area contributed by atoms with E-state index in [1.165, 1.54) is 38.6 Å². The van der Waals surface area contributed by atoms with Crippen molar-refractivity contribution in [2.75, 3.05) is 0 Å². The van der Waals surface area contributed by atoms with Crippen LogP contribution in [0.15, 0.2) is 92.3 Å². The highest BCUT2D eigenvalue weighted by atomic mass is 14.8. The van der Waals surface area contributed by atoms with E-state index in [9.17, 15) is 0 Å². The van der Waals surface area contributed by atoms with Crippen LogP contribution >= 0.6 is 0 Å². The number of allylic oxidation sites excluding steroid dienone is 1. The maximum atomic E-state index is 7.90. The number of rotatable bonds is 4. The Morgan fingerprint density at radius 3 is 2.04 bits per heavy atom. The molecular formula is C42H48N4. The second-order valence-electron chi connectivity index (χ2n) is 15.2. The standard InChI is InChI=1S/2C21H24N2/c1-6-21(4)11-10-15-18(19(21)22-5)13-12-23-16-9-7-8-14(17(13)16)20(15,2)3;1-6-21(4)12-11-15(14(2)3)19(20(21)22-5)17-13-23-18-10-8-7-9-16(17)18/h6-9,12,15,18-19,23H,1,10-11H2,2-4H3;6-10,13,15,19-20,23H,1-2,11-12H2,3-4H3. The zero-order chi connectivity index (χ0) is 33.0. The van der Waals surface area contributed by atoms with Crippen molar-refractivity contribution in [3.8, 4) is 0 Å². The van der Waals surface area contributed by atoms with Gasteiger partial charge < -0.3 is 19.7 Å². The van der Waals surface area contributed by atoms with Crippen LogP contribution in [0, 0.1) is 35.8 Å². The van der Waals surface area contributed by atoms with E-state index in [2.05, 4.69) is 123 Å². The first-order valence-electron chi connectivity index (χ1n) is 16.8. The van der Waals surface area contributed by atoms with Gasteiger partial charge in [0.05, 0.1) is 22.7 Å². The molecule has 2 N–H and O–H groups in total. The lowest BCUT2D eigenvalue weighted by atomic mass is 9.51.